The normalized spacial score (nSPS) is 11.0. The number of carbonyl (C=O) groups is 8. The number of imidazole rings is 3. The van der Waals surface area contributed by atoms with Gasteiger partial charge in [0.15, 0.2) is 17.5 Å². The zero-order valence-corrected chi connectivity index (χ0v) is 40.7. The molecule has 0 unspecified atom stereocenters. The molecule has 0 aliphatic carbocycles. The highest BCUT2D eigenvalue weighted by molar-refractivity contribution is 6.08. The fourth-order valence-electron chi connectivity index (χ4n) is 7.26. The van der Waals surface area contributed by atoms with E-state index in [1.807, 2.05) is 14.1 Å². The molecule has 26 heteroatoms. The zero-order valence-electron chi connectivity index (χ0n) is 40.7. The number of rotatable bonds is 22. The van der Waals surface area contributed by atoms with E-state index in [1.54, 1.807) is 76.2 Å². The lowest BCUT2D eigenvalue weighted by molar-refractivity contribution is -0.858. The molecule has 0 saturated carbocycles. The molecule has 0 aromatic carbocycles. The number of hydrogen-bond donors (Lipinski definition) is 9. The highest BCUT2D eigenvalue weighted by Gasteiger charge is 2.22. The Kier molecular flexibility index (Phi) is 16.7. The smallest absolute Gasteiger partial charge is 0.292 e. The van der Waals surface area contributed by atoms with Crippen LogP contribution in [0.2, 0.25) is 0 Å². The van der Waals surface area contributed by atoms with Crippen molar-refractivity contribution in [3.8, 4) is 0 Å². The van der Waals surface area contributed by atoms with Gasteiger partial charge in [0, 0.05) is 125 Å². The van der Waals surface area contributed by atoms with Gasteiger partial charge < -0.3 is 74.8 Å². The van der Waals surface area contributed by atoms with Gasteiger partial charge in [0.2, 0.25) is 23.5 Å². The second kappa shape index (κ2) is 23.0. The minimum absolute atomic E-state index is 0.00418. The molecule has 0 fully saturated rings. The van der Waals surface area contributed by atoms with Crippen LogP contribution in [0.5, 0.6) is 0 Å². The van der Waals surface area contributed by atoms with Crippen LogP contribution < -0.4 is 47.4 Å². The van der Waals surface area contributed by atoms with Crippen molar-refractivity contribution in [2.24, 2.45) is 42.3 Å². The summed E-state index contributed by atoms with van der Waals surface area (Å²) in [4.78, 5) is 117. The number of anilines is 5. The molecule has 0 bridgehead atoms. The van der Waals surface area contributed by atoms with Crippen molar-refractivity contribution >= 4 is 76.0 Å². The molecule has 0 aliphatic heterocycles. The Hall–Kier alpha value is -8.81. The second-order valence-corrected chi connectivity index (χ2v) is 17.0. The van der Waals surface area contributed by atoms with Crippen LogP contribution in [0.4, 0.5) is 28.7 Å². The summed E-state index contributed by atoms with van der Waals surface area (Å²) in [6, 6.07) is 4.53. The molecule has 6 heterocycles. The predicted molar refractivity (Wildman–Crippen MR) is 260 cm³/mol. The van der Waals surface area contributed by atoms with Crippen molar-refractivity contribution in [3.05, 3.63) is 96.1 Å². The molecule has 0 aliphatic rings. The SMILES string of the molecule is Cn1cc(NC(=O)c2cc(NC(=O)c3cc(NC(=O)CCCNC(=O)c4nc(NC(=O)c5nc(NC(=O)c6nccn6C)cn5C)cn4C)cn3C)cn2C)cc1C(=O)NCCC(=O)NCCC[NH+](C)C. The highest BCUT2D eigenvalue weighted by atomic mass is 16.2. The van der Waals surface area contributed by atoms with E-state index in [-0.39, 0.29) is 90.4 Å². The van der Waals surface area contributed by atoms with Crippen molar-refractivity contribution in [2.45, 2.75) is 25.7 Å². The highest BCUT2D eigenvalue weighted by Crippen LogP contribution is 2.20. The molecular formula is C45H59N18O8+. The molecule has 6 rings (SSSR count). The zero-order chi connectivity index (χ0) is 51.5. The van der Waals surface area contributed by atoms with Gasteiger partial charge in [-0.1, -0.05) is 0 Å². The van der Waals surface area contributed by atoms with Crippen LogP contribution in [0.3, 0.4) is 0 Å². The van der Waals surface area contributed by atoms with E-state index in [0.29, 0.717) is 23.6 Å². The Labute approximate surface area is 407 Å². The average molecular weight is 980 g/mol. The molecule has 6 aromatic heterocycles. The molecule has 6 aromatic rings. The van der Waals surface area contributed by atoms with Crippen molar-refractivity contribution in [1.29, 1.82) is 0 Å². The molecule has 376 valence electrons. The minimum Gasteiger partial charge on any atom is -0.356 e. The molecule has 9 N–H and O–H groups in total. The van der Waals surface area contributed by atoms with E-state index in [2.05, 4.69) is 57.5 Å². The first-order valence-corrected chi connectivity index (χ1v) is 22.5. The van der Waals surface area contributed by atoms with Gasteiger partial charge in [0.05, 0.1) is 37.7 Å². The predicted octanol–water partition coefficient (Wildman–Crippen LogP) is -0.169. The van der Waals surface area contributed by atoms with Crippen LogP contribution >= 0.6 is 0 Å². The second-order valence-electron chi connectivity index (χ2n) is 17.0. The number of nitrogens with zero attached hydrogens (tertiary/aromatic N) is 9. The topological polar surface area (TPSA) is 305 Å². The molecular weight excluding hydrogens is 921 g/mol. The summed E-state index contributed by atoms with van der Waals surface area (Å²) in [6.07, 6.45) is 12.1. The number of hydrogen-bond acceptors (Lipinski definition) is 11. The van der Waals surface area contributed by atoms with Crippen LogP contribution in [0, 0.1) is 0 Å². The quantitative estimate of drug-likeness (QED) is 0.0403. The van der Waals surface area contributed by atoms with Crippen LogP contribution in [-0.2, 0) is 51.9 Å². The van der Waals surface area contributed by atoms with Crippen LogP contribution in [-0.4, -0.2) is 130 Å². The first-order valence-electron chi connectivity index (χ1n) is 22.5. The maximum Gasteiger partial charge on any atom is 0.292 e. The number of aromatic nitrogens is 9. The molecule has 8 amide bonds. The first kappa shape index (κ1) is 51.6. The lowest BCUT2D eigenvalue weighted by atomic mass is 10.3. The molecule has 0 spiro atoms. The Morgan fingerprint density at radius 2 is 0.944 bits per heavy atom. The lowest BCUT2D eigenvalue weighted by Crippen LogP contribution is -3.05. The van der Waals surface area contributed by atoms with Gasteiger partial charge in [-0.05, 0) is 24.6 Å². The Morgan fingerprint density at radius 1 is 0.465 bits per heavy atom. The number of amides is 8. The molecule has 26 nitrogen and oxygen atoms in total. The summed E-state index contributed by atoms with van der Waals surface area (Å²) in [7, 11) is 13.9. The van der Waals surface area contributed by atoms with E-state index in [1.165, 1.54) is 60.0 Å². The Bertz CT molecular complexity index is 2960. The summed E-state index contributed by atoms with van der Waals surface area (Å²) in [5.74, 6) is -3.21. The molecule has 0 radical (unpaired) electrons. The van der Waals surface area contributed by atoms with Gasteiger partial charge >= 0.3 is 0 Å². The van der Waals surface area contributed by atoms with Crippen LogP contribution in [0.1, 0.15) is 89.0 Å². The summed E-state index contributed by atoms with van der Waals surface area (Å²) in [5.41, 5.74) is 1.80. The van der Waals surface area contributed by atoms with E-state index in [9.17, 15) is 38.4 Å². The van der Waals surface area contributed by atoms with E-state index < -0.39 is 35.4 Å². The third-order valence-corrected chi connectivity index (χ3v) is 10.9. The van der Waals surface area contributed by atoms with E-state index in [4.69, 9.17) is 0 Å². The fourth-order valence-corrected chi connectivity index (χ4v) is 7.26. The van der Waals surface area contributed by atoms with Gasteiger partial charge in [0.25, 0.3) is 35.4 Å². The summed E-state index contributed by atoms with van der Waals surface area (Å²) >= 11 is 0. The van der Waals surface area contributed by atoms with Gasteiger partial charge in [-0.2, -0.15) is 0 Å². The average Bonchev–Trinajstić information content (AvgIpc) is 4.17. The monoisotopic (exact) mass is 979 g/mol. The van der Waals surface area contributed by atoms with Crippen molar-refractivity contribution in [2.75, 3.05) is 66.9 Å². The standard InChI is InChI=1S/C45H58N18O8/c1-57(2)17-10-14-46-35(64)12-15-49-40(66)30-20-28(23-59(30)4)51-42(68)32-21-29(24-61(32)6)52-41(67)31-19-27(22-60(31)5)50-36(65)11-9-13-48-43(69)38-53-33(25-62(38)7)56-45(71)39-54-34(26-63(39)8)55-44(70)37-47-16-18-58(37)3/h16,18-26H,9-15,17H2,1-8H3,(H,46,64)(H,48,69)(H,49,66)(H,50,65)(H,51,68)(H,52,67)(H,55,70)(H,56,71)/p+1. The van der Waals surface area contributed by atoms with Gasteiger partial charge in [-0.15, -0.1) is 0 Å². The summed E-state index contributed by atoms with van der Waals surface area (Å²) in [5, 5.41) is 21.8. The Balaban J connectivity index is 0.916. The third kappa shape index (κ3) is 13.7. The maximum absolute atomic E-state index is 13.3. The van der Waals surface area contributed by atoms with Gasteiger partial charge in [0.1, 0.15) is 17.1 Å². The van der Waals surface area contributed by atoms with Gasteiger partial charge in [-0.25, -0.2) is 15.0 Å². The third-order valence-electron chi connectivity index (χ3n) is 10.9. The fraction of sp³-hybridized carbons (Fsp3) is 0.356. The van der Waals surface area contributed by atoms with Gasteiger partial charge in [-0.3, -0.25) is 38.4 Å². The van der Waals surface area contributed by atoms with Crippen LogP contribution in [0.25, 0.3) is 0 Å². The maximum atomic E-state index is 13.3. The van der Waals surface area contributed by atoms with Crippen molar-refractivity contribution in [3.63, 3.8) is 0 Å². The largest absolute Gasteiger partial charge is 0.356 e. The molecule has 71 heavy (non-hydrogen) atoms. The minimum atomic E-state index is -0.632. The summed E-state index contributed by atoms with van der Waals surface area (Å²) in [6.45, 7) is 1.79. The number of carbonyl (C=O) groups excluding carboxylic acids is 8. The number of aryl methyl sites for hydroxylation is 6. The summed E-state index contributed by atoms with van der Waals surface area (Å²) < 4.78 is 9.03. The Morgan fingerprint density at radius 3 is 1.46 bits per heavy atom. The van der Waals surface area contributed by atoms with Crippen molar-refractivity contribution in [1.82, 2.24) is 58.3 Å². The molecule has 0 atom stereocenters. The van der Waals surface area contributed by atoms with Crippen molar-refractivity contribution < 1.29 is 43.3 Å². The van der Waals surface area contributed by atoms with E-state index in [0.717, 1.165) is 13.0 Å². The number of nitrogens with one attached hydrogen (secondary N) is 9. The first-order chi connectivity index (χ1) is 33.8. The number of quaternary nitrogens is 1. The lowest BCUT2D eigenvalue weighted by Gasteiger charge is -2.09. The van der Waals surface area contributed by atoms with Crippen LogP contribution in [0.15, 0.2) is 61.6 Å². The molecule has 0 saturated heterocycles. The van der Waals surface area contributed by atoms with E-state index >= 15 is 0 Å².